The van der Waals surface area contributed by atoms with Gasteiger partial charge in [-0.2, -0.15) is 0 Å². The van der Waals surface area contributed by atoms with Crippen LogP contribution in [-0.2, 0) is 9.53 Å². The summed E-state index contributed by atoms with van der Waals surface area (Å²) in [4.78, 5) is 28.1. The molecule has 3 aromatic rings. The molecule has 0 fully saturated rings. The lowest BCUT2D eigenvalue weighted by Crippen LogP contribution is -2.20. The second kappa shape index (κ2) is 7.17. The number of carbonyl (C=O) groups excluding carboxylic acids is 2. The predicted molar refractivity (Wildman–Crippen MR) is 95.0 cm³/mol. The SMILES string of the molecule is O=C(COC(=O)c1cc(Cl)cc(Cl)c1)Nc1nc2ccccc2s1. The lowest BCUT2D eigenvalue weighted by atomic mass is 10.2. The fraction of sp³-hybridized carbons (Fsp3) is 0.0625. The minimum atomic E-state index is -0.682. The summed E-state index contributed by atoms with van der Waals surface area (Å²) in [5.74, 6) is -1.16. The highest BCUT2D eigenvalue weighted by atomic mass is 35.5. The first kappa shape index (κ1) is 16.7. The molecule has 0 atom stereocenters. The van der Waals surface area contributed by atoms with Crippen molar-refractivity contribution in [1.29, 1.82) is 0 Å². The van der Waals surface area contributed by atoms with Crippen LogP contribution in [0.1, 0.15) is 10.4 Å². The molecule has 5 nitrogen and oxygen atoms in total. The Morgan fingerprint density at radius 2 is 1.83 bits per heavy atom. The normalized spacial score (nSPS) is 10.6. The number of hydrogen-bond donors (Lipinski definition) is 1. The van der Waals surface area contributed by atoms with Gasteiger partial charge in [0.25, 0.3) is 5.91 Å². The monoisotopic (exact) mass is 380 g/mol. The minimum Gasteiger partial charge on any atom is -0.452 e. The van der Waals surface area contributed by atoms with E-state index in [4.69, 9.17) is 27.9 Å². The Balaban J connectivity index is 1.59. The quantitative estimate of drug-likeness (QED) is 0.681. The number of thiazole rings is 1. The third-order valence-corrected chi connectivity index (χ3v) is 4.36. The molecule has 1 heterocycles. The van der Waals surface area contributed by atoms with Gasteiger partial charge in [0.15, 0.2) is 11.7 Å². The molecule has 1 aromatic heterocycles. The number of nitrogens with one attached hydrogen (secondary N) is 1. The number of carbonyl (C=O) groups is 2. The maximum absolute atomic E-state index is 11.9. The van der Waals surface area contributed by atoms with E-state index in [-0.39, 0.29) is 5.56 Å². The van der Waals surface area contributed by atoms with Crippen molar-refractivity contribution in [3.05, 3.63) is 58.1 Å². The van der Waals surface area contributed by atoms with Gasteiger partial charge in [-0.25, -0.2) is 9.78 Å². The van der Waals surface area contributed by atoms with Gasteiger partial charge in [0.1, 0.15) is 0 Å². The standard InChI is InChI=1S/C16H10Cl2N2O3S/c17-10-5-9(6-11(18)7-10)15(22)23-8-14(21)20-16-19-12-3-1-2-4-13(12)24-16/h1-7H,8H2,(H,19,20,21). The van der Waals surface area contributed by atoms with E-state index >= 15 is 0 Å². The number of esters is 1. The number of amides is 1. The molecule has 0 aliphatic heterocycles. The van der Waals surface area contributed by atoms with E-state index < -0.39 is 18.5 Å². The summed E-state index contributed by atoms with van der Waals surface area (Å²) in [6.45, 7) is -0.432. The molecule has 1 N–H and O–H groups in total. The zero-order valence-corrected chi connectivity index (χ0v) is 14.4. The molecule has 8 heteroatoms. The van der Waals surface area contributed by atoms with Gasteiger partial charge >= 0.3 is 5.97 Å². The number of aromatic nitrogens is 1. The van der Waals surface area contributed by atoms with Gasteiger partial charge in [-0.3, -0.25) is 10.1 Å². The summed E-state index contributed by atoms with van der Waals surface area (Å²) >= 11 is 13.0. The first-order chi connectivity index (χ1) is 11.5. The van der Waals surface area contributed by atoms with Gasteiger partial charge in [0.2, 0.25) is 0 Å². The van der Waals surface area contributed by atoms with Crippen LogP contribution in [0.25, 0.3) is 10.2 Å². The van der Waals surface area contributed by atoms with Crippen molar-refractivity contribution >= 4 is 61.8 Å². The van der Waals surface area contributed by atoms with Crippen molar-refractivity contribution in [2.75, 3.05) is 11.9 Å². The molecule has 122 valence electrons. The zero-order valence-electron chi connectivity index (χ0n) is 12.1. The number of ether oxygens (including phenoxy) is 1. The van der Waals surface area contributed by atoms with E-state index in [1.54, 1.807) is 0 Å². The van der Waals surface area contributed by atoms with Crippen LogP contribution in [0.4, 0.5) is 5.13 Å². The molecular formula is C16H10Cl2N2O3S. The maximum atomic E-state index is 11.9. The molecule has 0 bridgehead atoms. The summed E-state index contributed by atoms with van der Waals surface area (Å²) in [5.41, 5.74) is 0.976. The second-order valence-electron chi connectivity index (χ2n) is 4.77. The van der Waals surface area contributed by atoms with Gasteiger partial charge in [-0.1, -0.05) is 46.7 Å². The van der Waals surface area contributed by atoms with E-state index in [1.165, 1.54) is 29.5 Å². The Morgan fingerprint density at radius 3 is 2.54 bits per heavy atom. The number of rotatable bonds is 4. The Morgan fingerprint density at radius 1 is 1.12 bits per heavy atom. The Hall–Kier alpha value is -2.15. The van der Waals surface area contributed by atoms with Crippen molar-refractivity contribution in [2.45, 2.75) is 0 Å². The zero-order chi connectivity index (χ0) is 17.1. The number of anilines is 1. The third-order valence-electron chi connectivity index (χ3n) is 2.97. The summed E-state index contributed by atoms with van der Waals surface area (Å²) in [6.07, 6.45) is 0. The second-order valence-corrected chi connectivity index (χ2v) is 6.67. The van der Waals surface area contributed by atoms with Crippen LogP contribution in [0.15, 0.2) is 42.5 Å². The van der Waals surface area contributed by atoms with Gasteiger partial charge in [-0.05, 0) is 30.3 Å². The van der Waals surface area contributed by atoms with Gasteiger partial charge in [0.05, 0.1) is 15.8 Å². The average molecular weight is 381 g/mol. The van der Waals surface area contributed by atoms with Crippen LogP contribution >= 0.6 is 34.5 Å². The summed E-state index contributed by atoms with van der Waals surface area (Å²) in [7, 11) is 0. The minimum absolute atomic E-state index is 0.181. The number of nitrogens with zero attached hydrogens (tertiary/aromatic N) is 1. The molecule has 0 saturated heterocycles. The van der Waals surface area contributed by atoms with E-state index in [9.17, 15) is 9.59 Å². The topological polar surface area (TPSA) is 68.3 Å². The maximum Gasteiger partial charge on any atom is 0.338 e. The number of hydrogen-bond acceptors (Lipinski definition) is 5. The highest BCUT2D eigenvalue weighted by molar-refractivity contribution is 7.22. The smallest absolute Gasteiger partial charge is 0.338 e. The van der Waals surface area contributed by atoms with Crippen LogP contribution in [0.2, 0.25) is 10.0 Å². The molecule has 0 aliphatic carbocycles. The van der Waals surface area contributed by atoms with Crippen LogP contribution in [-0.4, -0.2) is 23.5 Å². The molecule has 24 heavy (non-hydrogen) atoms. The molecule has 0 spiro atoms. The molecule has 0 unspecified atom stereocenters. The van der Waals surface area contributed by atoms with E-state index in [1.807, 2.05) is 24.3 Å². The summed E-state index contributed by atoms with van der Waals surface area (Å²) < 4.78 is 5.91. The highest BCUT2D eigenvalue weighted by Crippen LogP contribution is 2.25. The van der Waals surface area contributed by atoms with Gasteiger partial charge in [-0.15, -0.1) is 0 Å². The molecule has 1 amide bonds. The number of benzene rings is 2. The molecule has 0 radical (unpaired) electrons. The number of halogens is 2. The van der Waals surface area contributed by atoms with E-state index in [2.05, 4.69) is 10.3 Å². The average Bonchev–Trinajstić information content (AvgIpc) is 2.93. The van der Waals surface area contributed by atoms with Crippen molar-refractivity contribution in [2.24, 2.45) is 0 Å². The highest BCUT2D eigenvalue weighted by Gasteiger charge is 2.13. The fourth-order valence-corrected chi connectivity index (χ4v) is 3.38. The van der Waals surface area contributed by atoms with E-state index in [0.717, 1.165) is 10.2 Å². The van der Waals surface area contributed by atoms with Crippen molar-refractivity contribution < 1.29 is 14.3 Å². The van der Waals surface area contributed by atoms with E-state index in [0.29, 0.717) is 15.2 Å². The summed E-state index contributed by atoms with van der Waals surface area (Å²) in [6, 6.07) is 11.9. The van der Waals surface area contributed by atoms with Crippen molar-refractivity contribution in [3.63, 3.8) is 0 Å². The molecule has 3 rings (SSSR count). The number of para-hydroxylation sites is 1. The van der Waals surface area contributed by atoms with Gasteiger partial charge < -0.3 is 4.74 Å². The van der Waals surface area contributed by atoms with Crippen molar-refractivity contribution in [3.8, 4) is 0 Å². The lowest BCUT2D eigenvalue weighted by molar-refractivity contribution is -0.119. The predicted octanol–water partition coefficient (Wildman–Crippen LogP) is 4.40. The molecule has 0 aliphatic rings. The van der Waals surface area contributed by atoms with Crippen LogP contribution in [0, 0.1) is 0 Å². The molecular weight excluding hydrogens is 371 g/mol. The molecule has 0 saturated carbocycles. The lowest BCUT2D eigenvalue weighted by Gasteiger charge is -2.05. The first-order valence-corrected chi connectivity index (χ1v) is 8.37. The Kier molecular flexibility index (Phi) is 4.99. The van der Waals surface area contributed by atoms with Gasteiger partial charge in [0, 0.05) is 10.0 Å². The largest absolute Gasteiger partial charge is 0.452 e. The summed E-state index contributed by atoms with van der Waals surface area (Å²) in [5, 5.41) is 3.67. The van der Waals surface area contributed by atoms with Crippen LogP contribution in [0.5, 0.6) is 0 Å². The fourth-order valence-electron chi connectivity index (χ4n) is 1.97. The third kappa shape index (κ3) is 4.03. The first-order valence-electron chi connectivity index (χ1n) is 6.80. The number of fused-ring (bicyclic) bond motifs is 1. The van der Waals surface area contributed by atoms with Crippen LogP contribution in [0.3, 0.4) is 0 Å². The Labute approximate surface area is 151 Å². The van der Waals surface area contributed by atoms with Crippen molar-refractivity contribution in [1.82, 2.24) is 4.98 Å². The Bertz CT molecular complexity index is 873. The van der Waals surface area contributed by atoms with Crippen LogP contribution < -0.4 is 5.32 Å². The molecule has 2 aromatic carbocycles.